The molecule has 0 aliphatic rings. The topological polar surface area (TPSA) is 64.1 Å². The van der Waals surface area contributed by atoms with Crippen LogP contribution < -0.4 is 10.1 Å². The predicted molar refractivity (Wildman–Crippen MR) is 78.2 cm³/mol. The van der Waals surface area contributed by atoms with Gasteiger partial charge in [0.15, 0.2) is 0 Å². The first-order valence-electron chi connectivity index (χ1n) is 6.68. The summed E-state index contributed by atoms with van der Waals surface area (Å²) in [4.78, 5) is 12.7. The summed E-state index contributed by atoms with van der Waals surface area (Å²) < 4.78 is 32.2. The summed E-state index contributed by atoms with van der Waals surface area (Å²) in [6, 6.07) is 5.87. The molecule has 2 rings (SSSR count). The fourth-order valence-corrected chi connectivity index (χ4v) is 2.55. The number of ether oxygens (including phenoxy) is 1. The molecule has 0 fully saturated rings. The number of aromatic nitrogens is 2. The lowest BCUT2D eigenvalue weighted by Crippen LogP contribution is -2.26. The van der Waals surface area contributed by atoms with Crippen LogP contribution in [0.5, 0.6) is 5.75 Å². The molecule has 1 aromatic carbocycles. The van der Waals surface area contributed by atoms with Gasteiger partial charge < -0.3 is 10.1 Å². The average Bonchev–Trinajstić information content (AvgIpc) is 2.95. The van der Waals surface area contributed by atoms with Crippen LogP contribution in [0.2, 0.25) is 0 Å². The Bertz CT molecular complexity index is 631. The normalized spacial score (nSPS) is 12.2. The summed E-state index contributed by atoms with van der Waals surface area (Å²) in [5.41, 5.74) is 1.45. The van der Waals surface area contributed by atoms with E-state index < -0.39 is 6.61 Å². The molecule has 0 bridgehead atoms. The Morgan fingerprint density at radius 2 is 2.05 bits per heavy atom. The molecule has 22 heavy (non-hydrogen) atoms. The van der Waals surface area contributed by atoms with Gasteiger partial charge in [0, 0.05) is 0 Å². The van der Waals surface area contributed by atoms with Gasteiger partial charge in [-0.1, -0.05) is 23.5 Å². The molecule has 118 valence electrons. The smallest absolute Gasteiger partial charge is 0.387 e. The van der Waals surface area contributed by atoms with Crippen LogP contribution in [0.1, 0.15) is 40.8 Å². The zero-order valence-electron chi connectivity index (χ0n) is 12.0. The Labute approximate surface area is 130 Å². The molecule has 0 aliphatic heterocycles. The number of hydrogen-bond donors (Lipinski definition) is 1. The highest BCUT2D eigenvalue weighted by atomic mass is 32.1. The molecule has 0 aliphatic carbocycles. The number of hydrogen-bond acceptors (Lipinski definition) is 5. The third kappa shape index (κ3) is 3.97. The van der Waals surface area contributed by atoms with Crippen molar-refractivity contribution < 1.29 is 18.3 Å². The number of nitrogens with zero attached hydrogens (tertiary/aromatic N) is 2. The van der Waals surface area contributed by atoms with Crippen molar-refractivity contribution in [3.8, 4) is 5.75 Å². The van der Waals surface area contributed by atoms with Gasteiger partial charge >= 0.3 is 6.61 Å². The summed E-state index contributed by atoms with van der Waals surface area (Å²) in [6.07, 6.45) is 0.632. The summed E-state index contributed by atoms with van der Waals surface area (Å²) in [5.74, 6) is -0.163. The number of carbonyl (C=O) groups excluding carboxylic acids is 1. The summed E-state index contributed by atoms with van der Waals surface area (Å²) >= 11 is 1.05. The number of amides is 1. The van der Waals surface area contributed by atoms with Gasteiger partial charge in [0.05, 0.1) is 11.7 Å². The fraction of sp³-hybridized carbons (Fsp3) is 0.357. The predicted octanol–water partition coefficient (Wildman–Crippen LogP) is 3.19. The zero-order valence-corrected chi connectivity index (χ0v) is 12.9. The highest BCUT2D eigenvalue weighted by Crippen LogP contribution is 2.20. The average molecular weight is 327 g/mol. The Hall–Kier alpha value is -2.09. The van der Waals surface area contributed by atoms with Gasteiger partial charge in [-0.05, 0) is 42.6 Å². The lowest BCUT2D eigenvalue weighted by molar-refractivity contribution is -0.0498. The number of nitrogens with one attached hydrogen (secondary N) is 1. The van der Waals surface area contributed by atoms with Crippen LogP contribution in [0, 0.1) is 0 Å². The molecule has 8 heteroatoms. The van der Waals surface area contributed by atoms with E-state index in [1.165, 1.54) is 12.1 Å². The van der Waals surface area contributed by atoms with Crippen LogP contribution in [0.3, 0.4) is 0 Å². The van der Waals surface area contributed by atoms with Crippen LogP contribution in [0.25, 0.3) is 0 Å². The van der Waals surface area contributed by atoms with Crippen molar-refractivity contribution in [3.05, 3.63) is 40.4 Å². The van der Waals surface area contributed by atoms with E-state index in [-0.39, 0.29) is 17.7 Å². The van der Waals surface area contributed by atoms with E-state index >= 15 is 0 Å². The molecule has 2 aromatic rings. The van der Waals surface area contributed by atoms with E-state index in [9.17, 15) is 13.6 Å². The van der Waals surface area contributed by atoms with E-state index in [2.05, 4.69) is 19.6 Å². The van der Waals surface area contributed by atoms with Crippen LogP contribution in [0.4, 0.5) is 8.78 Å². The van der Waals surface area contributed by atoms with E-state index in [0.29, 0.717) is 17.0 Å². The van der Waals surface area contributed by atoms with Crippen molar-refractivity contribution in [1.82, 2.24) is 14.9 Å². The monoisotopic (exact) mass is 327 g/mol. The molecule has 5 nitrogen and oxygen atoms in total. The molecule has 1 heterocycles. The van der Waals surface area contributed by atoms with Gasteiger partial charge in [-0.3, -0.25) is 4.79 Å². The third-order valence-corrected chi connectivity index (χ3v) is 3.82. The molecule has 0 saturated carbocycles. The molecule has 1 aromatic heterocycles. The Morgan fingerprint density at radius 3 is 2.64 bits per heavy atom. The Kier molecular flexibility index (Phi) is 5.37. The molecule has 0 spiro atoms. The van der Waals surface area contributed by atoms with Gasteiger partial charge in [0.1, 0.15) is 10.6 Å². The highest BCUT2D eigenvalue weighted by Gasteiger charge is 2.17. The number of rotatable bonds is 6. The highest BCUT2D eigenvalue weighted by molar-refractivity contribution is 7.08. The van der Waals surface area contributed by atoms with E-state index in [0.717, 1.165) is 17.1 Å². The van der Waals surface area contributed by atoms with Crippen molar-refractivity contribution in [1.29, 1.82) is 0 Å². The second-order valence-electron chi connectivity index (χ2n) is 4.54. The summed E-state index contributed by atoms with van der Waals surface area (Å²) in [7, 11) is 0. The lowest BCUT2D eigenvalue weighted by atomic mass is 10.1. The maximum absolute atomic E-state index is 12.2. The maximum atomic E-state index is 12.2. The first-order valence-corrected chi connectivity index (χ1v) is 7.45. The van der Waals surface area contributed by atoms with Crippen molar-refractivity contribution in [2.45, 2.75) is 32.9 Å². The van der Waals surface area contributed by atoms with Gasteiger partial charge in [0.25, 0.3) is 5.91 Å². The van der Waals surface area contributed by atoms with Crippen molar-refractivity contribution in [2.75, 3.05) is 0 Å². The first-order chi connectivity index (χ1) is 10.5. The number of aryl methyl sites for hydroxylation is 1. The molecule has 1 N–H and O–H groups in total. The van der Waals surface area contributed by atoms with Crippen LogP contribution in [0.15, 0.2) is 24.3 Å². The SMILES string of the molecule is CCc1nnsc1C(=O)N[C@@H](C)c1ccc(OC(F)F)cc1. The number of alkyl halides is 2. The van der Waals surface area contributed by atoms with E-state index in [4.69, 9.17) is 0 Å². The molecule has 1 atom stereocenters. The second kappa shape index (κ2) is 7.26. The minimum atomic E-state index is -2.85. The van der Waals surface area contributed by atoms with Gasteiger partial charge in [-0.15, -0.1) is 5.10 Å². The molecule has 1 amide bonds. The first kappa shape index (κ1) is 16.3. The number of halogens is 2. The Morgan fingerprint density at radius 1 is 1.36 bits per heavy atom. The van der Waals surface area contributed by atoms with Crippen molar-refractivity contribution >= 4 is 17.4 Å². The maximum Gasteiger partial charge on any atom is 0.387 e. The number of carbonyl (C=O) groups is 1. The standard InChI is InChI=1S/C14H15F2N3O2S/c1-3-11-12(22-19-18-11)13(20)17-8(2)9-4-6-10(7-5-9)21-14(15)16/h4-8,14H,3H2,1-2H3,(H,17,20)/t8-/m0/s1. The quantitative estimate of drug-likeness (QED) is 0.885. The molecular formula is C14H15F2N3O2S. The summed E-state index contributed by atoms with van der Waals surface area (Å²) in [5, 5.41) is 6.73. The van der Waals surface area contributed by atoms with Crippen LogP contribution >= 0.6 is 11.5 Å². The molecule has 0 radical (unpaired) electrons. The van der Waals surface area contributed by atoms with Crippen molar-refractivity contribution in [3.63, 3.8) is 0 Å². The zero-order chi connectivity index (χ0) is 16.1. The fourth-order valence-electron chi connectivity index (χ4n) is 1.90. The van der Waals surface area contributed by atoms with Crippen LogP contribution in [-0.4, -0.2) is 22.1 Å². The minimum absolute atomic E-state index is 0.0807. The van der Waals surface area contributed by atoms with Gasteiger partial charge in [0.2, 0.25) is 0 Å². The van der Waals surface area contributed by atoms with E-state index in [1.54, 1.807) is 19.1 Å². The van der Waals surface area contributed by atoms with Crippen LogP contribution in [-0.2, 0) is 6.42 Å². The van der Waals surface area contributed by atoms with Gasteiger partial charge in [-0.2, -0.15) is 8.78 Å². The van der Waals surface area contributed by atoms with E-state index in [1.807, 2.05) is 6.92 Å². The third-order valence-electron chi connectivity index (χ3n) is 3.05. The molecular weight excluding hydrogens is 312 g/mol. The number of benzene rings is 1. The van der Waals surface area contributed by atoms with Gasteiger partial charge in [-0.25, -0.2) is 0 Å². The molecule has 0 unspecified atom stereocenters. The lowest BCUT2D eigenvalue weighted by Gasteiger charge is -2.14. The molecule has 0 saturated heterocycles. The minimum Gasteiger partial charge on any atom is -0.435 e. The second-order valence-corrected chi connectivity index (χ2v) is 5.30. The summed E-state index contributed by atoms with van der Waals surface area (Å²) in [6.45, 7) is 0.855. The Balaban J connectivity index is 2.02. The largest absolute Gasteiger partial charge is 0.435 e. The van der Waals surface area contributed by atoms with Crippen molar-refractivity contribution in [2.24, 2.45) is 0 Å².